The summed E-state index contributed by atoms with van der Waals surface area (Å²) in [5.74, 6) is -1.57. The van der Waals surface area contributed by atoms with Crippen LogP contribution in [-0.4, -0.2) is 52.4 Å². The molecule has 0 aromatic carbocycles. The Kier molecular flexibility index (Phi) is 6.71. The summed E-state index contributed by atoms with van der Waals surface area (Å²) < 4.78 is 40.5. The third kappa shape index (κ3) is 4.18. The van der Waals surface area contributed by atoms with E-state index in [1.807, 2.05) is 6.92 Å². The van der Waals surface area contributed by atoms with Crippen molar-refractivity contribution in [2.24, 2.45) is 11.8 Å². The van der Waals surface area contributed by atoms with Crippen LogP contribution < -0.4 is 10.9 Å². The number of fused-ring (bicyclic) bond motifs is 4. The monoisotopic (exact) mass is 427 g/mol. The van der Waals surface area contributed by atoms with Crippen molar-refractivity contribution < 1.29 is 23.1 Å². The topological polar surface area (TPSA) is 74.6 Å². The molecule has 2 bridgehead atoms. The highest BCUT2D eigenvalue weighted by Gasteiger charge is 2.55. The van der Waals surface area contributed by atoms with Gasteiger partial charge in [0.2, 0.25) is 5.91 Å². The fourth-order valence-electron chi connectivity index (χ4n) is 4.78. The van der Waals surface area contributed by atoms with Crippen LogP contribution >= 0.6 is 0 Å². The average Bonchev–Trinajstić information content (AvgIpc) is 2.92. The molecule has 1 amide bonds. The van der Waals surface area contributed by atoms with Gasteiger partial charge in [-0.3, -0.25) is 14.5 Å². The summed E-state index contributed by atoms with van der Waals surface area (Å²) in [6.07, 6.45) is -1.20. The molecule has 6 nitrogen and oxygen atoms in total. The van der Waals surface area contributed by atoms with Crippen LogP contribution in [0.3, 0.4) is 0 Å². The first-order valence-corrected chi connectivity index (χ1v) is 10.3. The van der Waals surface area contributed by atoms with E-state index in [2.05, 4.69) is 5.32 Å². The maximum atomic E-state index is 13.0. The SMILES string of the molecule is C/C=C/c1ccc2n(c1=O)C[C@@H]1[C@@H](CO)[C@H](C(=O)NCCC)[C@H]2N1CCC(F)(F)F. The zero-order valence-corrected chi connectivity index (χ0v) is 17.2. The molecule has 0 radical (unpaired) electrons. The molecule has 0 spiro atoms. The lowest BCUT2D eigenvalue weighted by atomic mass is 9.86. The quantitative estimate of drug-likeness (QED) is 0.701. The second-order valence-electron chi connectivity index (χ2n) is 7.91. The number of nitrogens with one attached hydrogen (secondary N) is 1. The Balaban J connectivity index is 2.07. The van der Waals surface area contributed by atoms with Crippen molar-refractivity contribution in [2.75, 3.05) is 19.7 Å². The smallest absolute Gasteiger partial charge is 0.390 e. The van der Waals surface area contributed by atoms with Crippen molar-refractivity contribution in [3.8, 4) is 0 Å². The summed E-state index contributed by atoms with van der Waals surface area (Å²) in [4.78, 5) is 27.6. The normalized spacial score (nSPS) is 26.2. The van der Waals surface area contributed by atoms with Gasteiger partial charge in [0, 0.05) is 49.5 Å². The van der Waals surface area contributed by atoms with Crippen molar-refractivity contribution in [1.29, 1.82) is 0 Å². The second kappa shape index (κ2) is 8.93. The number of hydrogen-bond acceptors (Lipinski definition) is 4. The molecule has 4 atom stereocenters. The Hall–Kier alpha value is -2.13. The fraction of sp³-hybridized carbons (Fsp3) is 0.619. The molecule has 1 aromatic heterocycles. The van der Waals surface area contributed by atoms with Crippen LogP contribution in [0.4, 0.5) is 13.2 Å². The number of rotatable bonds is 7. The van der Waals surface area contributed by atoms with Gasteiger partial charge in [0.1, 0.15) is 0 Å². The third-order valence-corrected chi connectivity index (χ3v) is 6.05. The Morgan fingerprint density at radius 1 is 1.37 bits per heavy atom. The van der Waals surface area contributed by atoms with Crippen LogP contribution in [0.5, 0.6) is 0 Å². The minimum absolute atomic E-state index is 0.150. The molecule has 2 aliphatic heterocycles. The van der Waals surface area contributed by atoms with Gasteiger partial charge >= 0.3 is 6.18 Å². The number of allylic oxidation sites excluding steroid dienone is 1. The van der Waals surface area contributed by atoms with E-state index in [9.17, 15) is 27.9 Å². The molecule has 3 heterocycles. The number of alkyl halides is 3. The molecular formula is C21H28F3N3O3. The largest absolute Gasteiger partial charge is 0.396 e. The molecule has 9 heteroatoms. The Labute approximate surface area is 173 Å². The first-order valence-electron chi connectivity index (χ1n) is 10.3. The van der Waals surface area contributed by atoms with Crippen LogP contribution in [0.2, 0.25) is 0 Å². The van der Waals surface area contributed by atoms with Crippen molar-refractivity contribution in [3.05, 3.63) is 39.8 Å². The number of hydrogen-bond donors (Lipinski definition) is 2. The standard InChI is InChI=1S/C21H28F3N3O3/c1-3-5-13-6-7-15-18-17(19(29)25-9-4-2)14(12-28)16(11-27(15)20(13)30)26(18)10-8-21(22,23)24/h3,5-7,14,16-18,28H,4,8-12H2,1-2H3,(H,25,29)/b5-3+/t14-,16-,17+,18+/m1/s1. The lowest BCUT2D eigenvalue weighted by Gasteiger charge is -2.38. The van der Waals surface area contributed by atoms with Gasteiger partial charge in [-0.15, -0.1) is 0 Å². The summed E-state index contributed by atoms with van der Waals surface area (Å²) in [5.41, 5.74) is 0.776. The van der Waals surface area contributed by atoms with E-state index < -0.39 is 36.5 Å². The predicted molar refractivity (Wildman–Crippen MR) is 107 cm³/mol. The van der Waals surface area contributed by atoms with E-state index in [1.165, 1.54) is 0 Å². The molecule has 30 heavy (non-hydrogen) atoms. The lowest BCUT2D eigenvalue weighted by molar-refractivity contribution is -0.140. The molecular weight excluding hydrogens is 399 g/mol. The molecule has 0 unspecified atom stereocenters. The molecule has 1 fully saturated rings. The predicted octanol–water partition coefficient (Wildman–Crippen LogP) is 2.32. The van der Waals surface area contributed by atoms with Gasteiger partial charge in [-0.2, -0.15) is 13.2 Å². The van der Waals surface area contributed by atoms with Crippen molar-refractivity contribution in [2.45, 2.75) is 51.5 Å². The number of nitrogens with zero attached hydrogens (tertiary/aromatic N) is 2. The first kappa shape index (κ1) is 22.6. The highest BCUT2D eigenvalue weighted by atomic mass is 19.4. The van der Waals surface area contributed by atoms with Gasteiger partial charge in [-0.05, 0) is 25.5 Å². The Bertz CT molecular complexity index is 865. The summed E-state index contributed by atoms with van der Waals surface area (Å²) in [6, 6.07) is 2.15. The van der Waals surface area contributed by atoms with E-state index >= 15 is 0 Å². The summed E-state index contributed by atoms with van der Waals surface area (Å²) in [5, 5.41) is 12.9. The van der Waals surface area contributed by atoms with Gasteiger partial charge in [0.25, 0.3) is 5.56 Å². The van der Waals surface area contributed by atoms with Crippen LogP contribution in [-0.2, 0) is 11.3 Å². The number of amides is 1. The number of pyridine rings is 1. The minimum atomic E-state index is -4.33. The number of aliphatic hydroxyl groups excluding tert-OH is 1. The summed E-state index contributed by atoms with van der Waals surface area (Å²) >= 11 is 0. The van der Waals surface area contributed by atoms with Gasteiger partial charge in [0.15, 0.2) is 0 Å². The zero-order chi connectivity index (χ0) is 22.1. The number of aromatic nitrogens is 1. The van der Waals surface area contributed by atoms with Gasteiger partial charge in [0.05, 0.1) is 18.4 Å². The first-order chi connectivity index (χ1) is 14.2. The maximum Gasteiger partial charge on any atom is 0.390 e. The Morgan fingerprint density at radius 2 is 2.10 bits per heavy atom. The van der Waals surface area contributed by atoms with Crippen LogP contribution in [0.1, 0.15) is 44.0 Å². The average molecular weight is 427 g/mol. The fourth-order valence-corrected chi connectivity index (χ4v) is 4.78. The zero-order valence-electron chi connectivity index (χ0n) is 17.2. The molecule has 2 aliphatic rings. The second-order valence-corrected chi connectivity index (χ2v) is 7.91. The van der Waals surface area contributed by atoms with Crippen LogP contribution in [0, 0.1) is 11.8 Å². The van der Waals surface area contributed by atoms with Gasteiger partial charge < -0.3 is 15.0 Å². The van der Waals surface area contributed by atoms with Crippen molar-refractivity contribution >= 4 is 12.0 Å². The van der Waals surface area contributed by atoms with Gasteiger partial charge in [-0.25, -0.2) is 0 Å². The van der Waals surface area contributed by atoms with E-state index in [4.69, 9.17) is 0 Å². The van der Waals surface area contributed by atoms with E-state index in [0.717, 1.165) is 6.42 Å². The van der Waals surface area contributed by atoms with Crippen molar-refractivity contribution in [1.82, 2.24) is 14.8 Å². The highest BCUT2D eigenvalue weighted by Crippen LogP contribution is 2.48. The maximum absolute atomic E-state index is 13.0. The van der Waals surface area contributed by atoms with Gasteiger partial charge in [-0.1, -0.05) is 19.1 Å². The number of aliphatic hydroxyl groups is 1. The lowest BCUT2D eigenvalue weighted by Crippen LogP contribution is -2.47. The molecule has 2 N–H and O–H groups in total. The number of halogens is 3. The number of carbonyl (C=O) groups is 1. The molecule has 1 aromatic rings. The van der Waals surface area contributed by atoms with Crippen molar-refractivity contribution in [3.63, 3.8) is 0 Å². The molecule has 1 saturated heterocycles. The van der Waals surface area contributed by atoms with E-state index in [-0.39, 0.29) is 31.2 Å². The Morgan fingerprint density at radius 3 is 2.70 bits per heavy atom. The minimum Gasteiger partial charge on any atom is -0.396 e. The number of carbonyl (C=O) groups excluding carboxylic acids is 1. The molecule has 3 rings (SSSR count). The summed E-state index contributed by atoms with van der Waals surface area (Å²) in [7, 11) is 0. The molecule has 0 saturated carbocycles. The van der Waals surface area contributed by atoms with Crippen LogP contribution in [0.15, 0.2) is 23.0 Å². The van der Waals surface area contributed by atoms with Crippen LogP contribution in [0.25, 0.3) is 6.08 Å². The highest BCUT2D eigenvalue weighted by molar-refractivity contribution is 5.80. The molecule has 0 aliphatic carbocycles. The third-order valence-electron chi connectivity index (χ3n) is 6.05. The van der Waals surface area contributed by atoms with E-state index in [0.29, 0.717) is 17.8 Å². The van der Waals surface area contributed by atoms with E-state index in [1.54, 1.807) is 40.7 Å². The summed E-state index contributed by atoms with van der Waals surface area (Å²) in [6.45, 7) is 3.68. The molecule has 166 valence electrons.